The van der Waals surface area contributed by atoms with Crippen LogP contribution in [0, 0.1) is 12.3 Å². The average Bonchev–Trinajstić information content (AvgIpc) is 3.05. The zero-order valence-electron chi connectivity index (χ0n) is 15.9. The third-order valence-corrected chi connectivity index (χ3v) is 5.14. The van der Waals surface area contributed by atoms with E-state index in [1.165, 1.54) is 0 Å². The zero-order valence-corrected chi connectivity index (χ0v) is 17.4. The molecule has 152 valence electrons. The fourth-order valence-electron chi connectivity index (χ4n) is 2.58. The van der Waals surface area contributed by atoms with Crippen LogP contribution in [0.5, 0.6) is 17.4 Å². The number of aliphatic hydroxyl groups is 1. The molecule has 1 aromatic heterocycles. The van der Waals surface area contributed by atoms with Gasteiger partial charge in [-0.2, -0.15) is 4.37 Å². The summed E-state index contributed by atoms with van der Waals surface area (Å²) >= 11 is 7.20. The molecule has 7 nitrogen and oxygen atoms in total. The summed E-state index contributed by atoms with van der Waals surface area (Å²) in [5, 5.41) is 34.4. The molecule has 0 fully saturated rings. The molecule has 0 bridgehead atoms. The number of aliphatic hydroxyl groups excluding tert-OH is 1. The van der Waals surface area contributed by atoms with Crippen LogP contribution in [0.4, 0.5) is 10.7 Å². The van der Waals surface area contributed by atoms with Crippen LogP contribution in [0.15, 0.2) is 42.5 Å². The second kappa shape index (κ2) is 9.13. The Morgan fingerprint density at radius 1 is 1.28 bits per heavy atom. The van der Waals surface area contributed by atoms with Crippen molar-refractivity contribution in [1.29, 1.82) is 5.41 Å². The van der Waals surface area contributed by atoms with E-state index in [2.05, 4.69) is 15.0 Å². The highest BCUT2D eigenvalue weighted by Crippen LogP contribution is 2.35. The van der Waals surface area contributed by atoms with Crippen molar-refractivity contribution < 1.29 is 14.9 Å². The number of rotatable bonds is 7. The molecular formula is C20H21ClN4O3S. The summed E-state index contributed by atoms with van der Waals surface area (Å²) in [6, 6.07) is 12.5. The molecule has 1 unspecified atom stereocenters. The zero-order chi connectivity index (χ0) is 21.0. The van der Waals surface area contributed by atoms with Crippen molar-refractivity contribution in [2.75, 3.05) is 11.9 Å². The minimum absolute atomic E-state index is 0.0179. The summed E-state index contributed by atoms with van der Waals surface area (Å²) in [5.74, 6) is 0.985. The van der Waals surface area contributed by atoms with Crippen molar-refractivity contribution in [3.8, 4) is 17.4 Å². The van der Waals surface area contributed by atoms with Crippen LogP contribution in [-0.2, 0) is 0 Å². The van der Waals surface area contributed by atoms with Gasteiger partial charge in [-0.15, -0.1) is 0 Å². The van der Waals surface area contributed by atoms with E-state index in [9.17, 15) is 5.11 Å². The van der Waals surface area contributed by atoms with Gasteiger partial charge >= 0.3 is 0 Å². The number of nitrogens with zero attached hydrogens (tertiary/aromatic N) is 1. The Hall–Kier alpha value is -2.81. The van der Waals surface area contributed by atoms with Crippen LogP contribution in [0.25, 0.3) is 0 Å². The van der Waals surface area contributed by atoms with Gasteiger partial charge in [0, 0.05) is 11.7 Å². The molecule has 3 aromatic rings. The number of nitrogens with one attached hydrogen (secondary N) is 3. The molecular weight excluding hydrogens is 412 g/mol. The summed E-state index contributed by atoms with van der Waals surface area (Å²) < 4.78 is 9.81. The first-order valence-electron chi connectivity index (χ1n) is 8.84. The highest BCUT2D eigenvalue weighted by molar-refractivity contribution is 7.11. The highest BCUT2D eigenvalue weighted by Gasteiger charge is 2.19. The Morgan fingerprint density at radius 3 is 2.72 bits per heavy atom. The molecule has 5 N–H and O–H groups in total. The third kappa shape index (κ3) is 4.97. The van der Waals surface area contributed by atoms with E-state index in [0.717, 1.165) is 22.8 Å². The average molecular weight is 433 g/mol. The fourth-order valence-corrected chi connectivity index (χ4v) is 3.47. The van der Waals surface area contributed by atoms with E-state index >= 15 is 0 Å². The molecule has 0 spiro atoms. The SMILES string of the molecule is Cc1cc(Nc2snc(O)c2C(=N)NC(C)CO)ccc1Oc1ccccc1Cl. The summed E-state index contributed by atoms with van der Waals surface area (Å²) in [7, 11) is 0. The quantitative estimate of drug-likeness (QED) is 0.275. The Labute approximate surface area is 177 Å². The molecule has 0 aliphatic heterocycles. The summed E-state index contributed by atoms with van der Waals surface area (Å²) in [5.41, 5.74) is 1.89. The van der Waals surface area contributed by atoms with Crippen molar-refractivity contribution in [3.05, 3.63) is 58.6 Å². The van der Waals surface area contributed by atoms with Crippen LogP contribution in [0.1, 0.15) is 18.1 Å². The summed E-state index contributed by atoms with van der Waals surface area (Å²) in [6.45, 7) is 3.52. The van der Waals surface area contributed by atoms with Crippen LogP contribution in [0.3, 0.4) is 0 Å². The molecule has 0 saturated carbocycles. The molecule has 0 saturated heterocycles. The number of para-hydroxylation sites is 1. The summed E-state index contributed by atoms with van der Waals surface area (Å²) in [4.78, 5) is 0. The lowest BCUT2D eigenvalue weighted by Gasteiger charge is -2.15. The first-order chi connectivity index (χ1) is 13.9. The Bertz CT molecular complexity index is 1020. The number of ether oxygens (including phenoxy) is 1. The van der Waals surface area contributed by atoms with Gasteiger partial charge in [-0.1, -0.05) is 23.7 Å². The van der Waals surface area contributed by atoms with E-state index in [1.807, 2.05) is 37.3 Å². The van der Waals surface area contributed by atoms with Gasteiger partial charge in [-0.05, 0) is 61.3 Å². The molecule has 29 heavy (non-hydrogen) atoms. The van der Waals surface area contributed by atoms with Gasteiger partial charge in [0.15, 0.2) is 0 Å². The number of benzene rings is 2. The predicted octanol–water partition coefficient (Wildman–Crippen LogP) is 4.64. The standard InChI is InChI=1S/C20H21ClN4O3S/c1-11-9-13(7-8-15(11)28-16-6-4-3-5-14(16)21)24-20-17(19(27)25-29-20)18(22)23-12(2)10-26/h3-9,12,24,26H,10H2,1-2H3,(H2,22,23)(H,25,27). The largest absolute Gasteiger partial charge is 0.492 e. The Balaban J connectivity index is 1.79. The molecule has 9 heteroatoms. The van der Waals surface area contributed by atoms with Crippen LogP contribution >= 0.6 is 23.1 Å². The maximum Gasteiger partial charge on any atom is 0.236 e. The van der Waals surface area contributed by atoms with E-state index in [4.69, 9.17) is 26.9 Å². The molecule has 0 amide bonds. The third-order valence-electron chi connectivity index (χ3n) is 4.08. The van der Waals surface area contributed by atoms with E-state index in [1.54, 1.807) is 19.1 Å². The van der Waals surface area contributed by atoms with Crippen LogP contribution in [-0.4, -0.2) is 33.1 Å². The number of halogens is 1. The number of anilines is 2. The van der Waals surface area contributed by atoms with Crippen LogP contribution in [0.2, 0.25) is 5.02 Å². The van der Waals surface area contributed by atoms with Crippen molar-refractivity contribution in [2.45, 2.75) is 19.9 Å². The maximum absolute atomic E-state index is 10.0. The molecule has 1 heterocycles. The van der Waals surface area contributed by atoms with Gasteiger partial charge in [-0.3, -0.25) is 5.41 Å². The fraction of sp³-hybridized carbons (Fsp3) is 0.200. The normalized spacial score (nSPS) is 11.7. The number of amidine groups is 1. The number of hydrogen-bond donors (Lipinski definition) is 5. The molecule has 0 radical (unpaired) electrons. The summed E-state index contributed by atoms with van der Waals surface area (Å²) in [6.07, 6.45) is 0. The lowest BCUT2D eigenvalue weighted by molar-refractivity contribution is 0.264. The topological polar surface area (TPSA) is 110 Å². The van der Waals surface area contributed by atoms with Crippen molar-refractivity contribution in [1.82, 2.24) is 9.69 Å². The van der Waals surface area contributed by atoms with Crippen LogP contribution < -0.4 is 15.4 Å². The van der Waals surface area contributed by atoms with Gasteiger partial charge in [0.2, 0.25) is 5.88 Å². The molecule has 2 aromatic carbocycles. The van der Waals surface area contributed by atoms with Crippen molar-refractivity contribution in [3.63, 3.8) is 0 Å². The first-order valence-corrected chi connectivity index (χ1v) is 9.99. The second-order valence-electron chi connectivity index (χ2n) is 6.45. The minimum atomic E-state index is -0.321. The van der Waals surface area contributed by atoms with Gasteiger partial charge in [0.05, 0.1) is 11.6 Å². The van der Waals surface area contributed by atoms with Gasteiger partial charge in [0.25, 0.3) is 0 Å². The Kier molecular flexibility index (Phi) is 6.58. The number of aromatic hydroxyl groups is 1. The molecule has 1 atom stereocenters. The van der Waals surface area contributed by atoms with E-state index < -0.39 is 0 Å². The Morgan fingerprint density at radius 2 is 2.03 bits per heavy atom. The van der Waals surface area contributed by atoms with E-state index in [-0.39, 0.29) is 29.9 Å². The van der Waals surface area contributed by atoms with Gasteiger partial charge in [-0.25, -0.2) is 0 Å². The number of aryl methyl sites for hydroxylation is 1. The molecule has 0 aliphatic rings. The van der Waals surface area contributed by atoms with E-state index in [0.29, 0.717) is 21.5 Å². The van der Waals surface area contributed by atoms with Crippen molar-refractivity contribution >= 4 is 39.7 Å². The second-order valence-corrected chi connectivity index (χ2v) is 7.63. The smallest absolute Gasteiger partial charge is 0.236 e. The number of aromatic nitrogens is 1. The minimum Gasteiger partial charge on any atom is -0.492 e. The van der Waals surface area contributed by atoms with Crippen molar-refractivity contribution in [2.24, 2.45) is 0 Å². The van der Waals surface area contributed by atoms with Gasteiger partial charge < -0.3 is 25.6 Å². The number of hydrogen-bond acceptors (Lipinski definition) is 7. The first kappa shape index (κ1) is 20.9. The molecule has 3 rings (SSSR count). The monoisotopic (exact) mass is 432 g/mol. The maximum atomic E-state index is 10.0. The lowest BCUT2D eigenvalue weighted by atomic mass is 10.2. The predicted molar refractivity (Wildman–Crippen MR) is 116 cm³/mol. The molecule has 0 aliphatic carbocycles. The highest BCUT2D eigenvalue weighted by atomic mass is 35.5. The lowest BCUT2D eigenvalue weighted by Crippen LogP contribution is -2.35. The van der Waals surface area contributed by atoms with Gasteiger partial charge in [0.1, 0.15) is 27.9 Å².